The van der Waals surface area contributed by atoms with Crippen molar-refractivity contribution in [3.63, 3.8) is 0 Å². The third kappa shape index (κ3) is 3.81. The van der Waals surface area contributed by atoms with Gasteiger partial charge in [0.05, 0.1) is 24.3 Å². The van der Waals surface area contributed by atoms with Crippen molar-refractivity contribution in [2.24, 2.45) is 5.73 Å². The van der Waals surface area contributed by atoms with Crippen LogP contribution in [0.4, 0.5) is 0 Å². The van der Waals surface area contributed by atoms with Crippen molar-refractivity contribution in [3.05, 3.63) is 65.7 Å². The van der Waals surface area contributed by atoms with Crippen LogP contribution >= 0.6 is 0 Å². The van der Waals surface area contributed by atoms with Gasteiger partial charge in [-0.1, -0.05) is 18.2 Å². The number of aromatic amines is 1. The number of carbonyl (C=O) groups excluding carboxylic acids is 2. The molecule has 1 saturated heterocycles. The van der Waals surface area contributed by atoms with Crippen LogP contribution in [0.2, 0.25) is 0 Å². The first-order chi connectivity index (χ1) is 15.9. The molecule has 2 heterocycles. The van der Waals surface area contributed by atoms with Crippen molar-refractivity contribution in [2.45, 2.75) is 18.9 Å². The van der Waals surface area contributed by atoms with Crippen LogP contribution in [0.5, 0.6) is 5.75 Å². The highest BCUT2D eigenvalue weighted by molar-refractivity contribution is 6.17. The second kappa shape index (κ2) is 8.26. The summed E-state index contributed by atoms with van der Waals surface area (Å²) < 4.78 is 5.34. The molecule has 0 radical (unpaired) electrons. The number of nitrogens with one attached hydrogen (secondary N) is 1. The normalized spacial score (nSPS) is 16.3. The monoisotopic (exact) mass is 443 g/mol. The molecule has 1 aliphatic heterocycles. The van der Waals surface area contributed by atoms with Gasteiger partial charge in [-0.05, 0) is 60.4 Å². The fraction of sp³-hybridized carbons (Fsp3) is 0.231. The summed E-state index contributed by atoms with van der Waals surface area (Å²) in [6.07, 6.45) is 1.03. The average molecular weight is 444 g/mol. The number of fused-ring (bicyclic) bond motifs is 3. The first kappa shape index (κ1) is 21.0. The standard InChI is InChI=1S/C26H25N3O4/c1-33-19-6-2-4-15(10-19)17-11-21-20-8-7-16(26(32)29-9-3-5-18(30)14-29)13-23(20)28-24(21)22(12-17)25(27)31/h2,4,6-8,10-13,18,28,30H,3,5,9,14H2,1H3,(H2,27,31)/t18-/m1/s1. The number of hydrogen-bond acceptors (Lipinski definition) is 4. The van der Waals surface area contributed by atoms with Gasteiger partial charge in [-0.3, -0.25) is 9.59 Å². The average Bonchev–Trinajstić information content (AvgIpc) is 3.20. The van der Waals surface area contributed by atoms with E-state index in [1.165, 1.54) is 0 Å². The molecule has 1 fully saturated rings. The first-order valence-electron chi connectivity index (χ1n) is 11.0. The number of carbonyl (C=O) groups is 2. The highest BCUT2D eigenvalue weighted by atomic mass is 16.5. The molecule has 4 N–H and O–H groups in total. The van der Waals surface area contributed by atoms with Crippen LogP contribution in [-0.4, -0.2) is 53.1 Å². The van der Waals surface area contributed by atoms with E-state index >= 15 is 0 Å². The number of primary amides is 1. The highest BCUT2D eigenvalue weighted by Gasteiger charge is 2.24. The van der Waals surface area contributed by atoms with E-state index < -0.39 is 12.0 Å². The van der Waals surface area contributed by atoms with E-state index in [2.05, 4.69) is 4.98 Å². The molecule has 7 nitrogen and oxygen atoms in total. The molecular weight excluding hydrogens is 418 g/mol. The Morgan fingerprint density at radius 2 is 1.94 bits per heavy atom. The van der Waals surface area contributed by atoms with Crippen molar-refractivity contribution in [2.75, 3.05) is 20.2 Å². The van der Waals surface area contributed by atoms with E-state index in [1.54, 1.807) is 30.2 Å². The van der Waals surface area contributed by atoms with Gasteiger partial charge in [0.2, 0.25) is 0 Å². The van der Waals surface area contributed by atoms with E-state index in [0.717, 1.165) is 46.0 Å². The smallest absolute Gasteiger partial charge is 0.254 e. The van der Waals surface area contributed by atoms with Gasteiger partial charge >= 0.3 is 0 Å². The molecule has 2 amide bonds. The Morgan fingerprint density at radius 1 is 1.09 bits per heavy atom. The zero-order chi connectivity index (χ0) is 23.1. The van der Waals surface area contributed by atoms with Gasteiger partial charge in [0.25, 0.3) is 11.8 Å². The first-order valence-corrected chi connectivity index (χ1v) is 11.0. The maximum atomic E-state index is 13.0. The lowest BCUT2D eigenvalue weighted by Gasteiger charge is -2.30. The number of nitrogens with zero attached hydrogens (tertiary/aromatic N) is 1. The fourth-order valence-corrected chi connectivity index (χ4v) is 4.62. The zero-order valence-electron chi connectivity index (χ0n) is 18.3. The fourth-order valence-electron chi connectivity index (χ4n) is 4.62. The third-order valence-corrected chi connectivity index (χ3v) is 6.31. The number of aliphatic hydroxyl groups is 1. The number of hydrogen-bond donors (Lipinski definition) is 3. The van der Waals surface area contributed by atoms with Crippen molar-refractivity contribution < 1.29 is 19.4 Å². The molecule has 1 aliphatic rings. The van der Waals surface area contributed by atoms with Crippen LogP contribution in [0, 0.1) is 0 Å². The van der Waals surface area contributed by atoms with Gasteiger partial charge in [0.1, 0.15) is 5.75 Å². The summed E-state index contributed by atoms with van der Waals surface area (Å²) in [6, 6.07) is 16.9. The van der Waals surface area contributed by atoms with Crippen LogP contribution in [0.25, 0.3) is 32.9 Å². The lowest BCUT2D eigenvalue weighted by Crippen LogP contribution is -2.42. The van der Waals surface area contributed by atoms with Gasteiger partial charge in [-0.2, -0.15) is 0 Å². The summed E-state index contributed by atoms with van der Waals surface area (Å²) in [5.74, 6) is 0.0783. The molecule has 0 unspecified atom stereocenters. The molecule has 5 rings (SSSR count). The van der Waals surface area contributed by atoms with Crippen LogP contribution in [0.15, 0.2) is 54.6 Å². The Morgan fingerprint density at radius 3 is 2.70 bits per heavy atom. The summed E-state index contributed by atoms with van der Waals surface area (Å²) in [5.41, 5.74) is 9.79. The number of rotatable bonds is 4. The molecule has 1 atom stereocenters. The molecule has 3 aromatic carbocycles. The van der Waals surface area contributed by atoms with Gasteiger partial charge in [-0.15, -0.1) is 0 Å². The van der Waals surface area contributed by atoms with Crippen LogP contribution in [-0.2, 0) is 0 Å². The summed E-state index contributed by atoms with van der Waals surface area (Å²) >= 11 is 0. The van der Waals surface area contributed by atoms with Crippen molar-refractivity contribution in [1.82, 2.24) is 9.88 Å². The number of H-pyrrole nitrogens is 1. The Labute approximate surface area is 190 Å². The number of aliphatic hydroxyl groups excluding tert-OH is 1. The summed E-state index contributed by atoms with van der Waals surface area (Å²) in [5, 5.41) is 11.7. The number of piperidine rings is 1. The molecule has 0 bridgehead atoms. The molecule has 0 saturated carbocycles. The van der Waals surface area contributed by atoms with Crippen molar-refractivity contribution >= 4 is 33.6 Å². The topological polar surface area (TPSA) is 109 Å². The van der Waals surface area contributed by atoms with Crippen LogP contribution < -0.4 is 10.5 Å². The summed E-state index contributed by atoms with van der Waals surface area (Å²) in [7, 11) is 1.61. The predicted molar refractivity (Wildman–Crippen MR) is 127 cm³/mol. The molecule has 0 spiro atoms. The van der Waals surface area contributed by atoms with Crippen molar-refractivity contribution in [1.29, 1.82) is 0 Å². The molecular formula is C26H25N3O4. The summed E-state index contributed by atoms with van der Waals surface area (Å²) in [6.45, 7) is 0.982. The Balaban J connectivity index is 1.62. The Kier molecular flexibility index (Phi) is 5.26. The summed E-state index contributed by atoms with van der Waals surface area (Å²) in [4.78, 5) is 30.3. The van der Waals surface area contributed by atoms with Crippen molar-refractivity contribution in [3.8, 4) is 16.9 Å². The van der Waals surface area contributed by atoms with Gasteiger partial charge < -0.3 is 25.5 Å². The van der Waals surface area contributed by atoms with E-state index in [1.807, 2.05) is 36.4 Å². The Bertz CT molecular complexity index is 1390. The maximum Gasteiger partial charge on any atom is 0.254 e. The number of benzene rings is 3. The van der Waals surface area contributed by atoms with Crippen LogP contribution in [0.3, 0.4) is 0 Å². The number of methoxy groups -OCH3 is 1. The number of nitrogens with two attached hydrogens (primary N) is 1. The molecule has 4 aromatic rings. The van der Waals surface area contributed by atoms with Gasteiger partial charge in [0, 0.05) is 34.9 Å². The van der Waals surface area contributed by atoms with E-state index in [-0.39, 0.29) is 5.91 Å². The molecule has 1 aromatic heterocycles. The lowest BCUT2D eigenvalue weighted by atomic mass is 9.98. The molecule has 7 heteroatoms. The van der Waals surface area contributed by atoms with E-state index in [0.29, 0.717) is 29.7 Å². The number of ether oxygens (including phenoxy) is 1. The SMILES string of the molecule is COc1cccc(-c2cc(C(N)=O)c3[nH]c4cc(C(=O)N5CCC[C@@H](O)C5)ccc4c3c2)c1. The number of likely N-dealkylation sites (tertiary alicyclic amines) is 1. The van der Waals surface area contributed by atoms with Crippen LogP contribution in [0.1, 0.15) is 33.6 Å². The largest absolute Gasteiger partial charge is 0.497 e. The van der Waals surface area contributed by atoms with Gasteiger partial charge in [0.15, 0.2) is 0 Å². The molecule has 168 valence electrons. The second-order valence-electron chi connectivity index (χ2n) is 8.48. The number of amides is 2. The minimum Gasteiger partial charge on any atom is -0.497 e. The highest BCUT2D eigenvalue weighted by Crippen LogP contribution is 2.34. The third-order valence-electron chi connectivity index (χ3n) is 6.31. The predicted octanol–water partition coefficient (Wildman–Crippen LogP) is 3.69. The molecule has 0 aliphatic carbocycles. The number of aromatic nitrogens is 1. The quantitative estimate of drug-likeness (QED) is 0.447. The number of β-amino-alcohol motifs (C(OH)–C–C–N with tert-alkyl or cyclic N) is 1. The van der Waals surface area contributed by atoms with E-state index in [9.17, 15) is 14.7 Å². The zero-order valence-corrected chi connectivity index (χ0v) is 18.3. The Hall–Kier alpha value is -3.84. The second-order valence-corrected chi connectivity index (χ2v) is 8.48. The lowest BCUT2D eigenvalue weighted by molar-refractivity contribution is 0.0474. The van der Waals surface area contributed by atoms with E-state index in [4.69, 9.17) is 10.5 Å². The minimum absolute atomic E-state index is 0.110. The maximum absolute atomic E-state index is 13.0. The molecule has 33 heavy (non-hydrogen) atoms. The van der Waals surface area contributed by atoms with Gasteiger partial charge in [-0.25, -0.2) is 0 Å². The minimum atomic E-state index is -0.532.